The maximum absolute atomic E-state index is 12.9. The molecule has 2 N–H and O–H groups in total. The number of ether oxygens (including phenoxy) is 4. The molecule has 0 amide bonds. The van der Waals surface area contributed by atoms with Crippen molar-refractivity contribution >= 4 is 11.9 Å². The van der Waals surface area contributed by atoms with E-state index in [-0.39, 0.29) is 11.5 Å². The number of phenolic OH excluding ortho intramolecular Hbond substituents is 2. The highest BCUT2D eigenvalue weighted by atomic mass is 16.5. The highest BCUT2D eigenvalue weighted by molar-refractivity contribution is 5.89. The molecule has 0 spiro atoms. The van der Waals surface area contributed by atoms with Crippen LogP contribution in [0.25, 0.3) is 0 Å². The van der Waals surface area contributed by atoms with Gasteiger partial charge in [-0.3, -0.25) is 9.59 Å². The second-order valence-electron chi connectivity index (χ2n) is 7.28. The highest BCUT2D eigenvalue weighted by Gasteiger charge is 2.60. The van der Waals surface area contributed by atoms with Gasteiger partial charge >= 0.3 is 11.9 Å². The van der Waals surface area contributed by atoms with Crippen LogP contribution >= 0.6 is 0 Å². The number of rotatable bonds is 4. The Labute approximate surface area is 172 Å². The Morgan fingerprint density at radius 2 is 1.03 bits per heavy atom. The zero-order valence-corrected chi connectivity index (χ0v) is 17.0. The summed E-state index contributed by atoms with van der Waals surface area (Å²) in [6.45, 7) is 0. The zero-order chi connectivity index (χ0) is 21.7. The standard InChI is InChI=1S/C22H22O8/c1-27-11-7-5-9(23)13-15(11)18-16-12(28-2)8-6-10(24)14(16)17(13)19(21(25)29-3)20(18)22(26)30-4/h5-8,17-20,23-24H,1-4H3/t17?,18?,19-,20-/m1/s1. The monoisotopic (exact) mass is 414 g/mol. The van der Waals surface area contributed by atoms with E-state index >= 15 is 0 Å². The Kier molecular flexibility index (Phi) is 4.72. The number of fused-ring (bicyclic) bond motifs is 1. The SMILES string of the molecule is COC(=O)[C@@H]1C2c3c(O)ccc(OC)c3C(c3c(OC)ccc(O)c32)[C@H]1C(=O)OC. The minimum absolute atomic E-state index is 0.0640. The smallest absolute Gasteiger partial charge is 0.310 e. The average molecular weight is 414 g/mol. The van der Waals surface area contributed by atoms with Crippen molar-refractivity contribution in [2.45, 2.75) is 11.8 Å². The molecule has 0 heterocycles. The van der Waals surface area contributed by atoms with E-state index < -0.39 is 35.6 Å². The van der Waals surface area contributed by atoms with Crippen molar-refractivity contribution < 1.29 is 38.7 Å². The molecule has 5 rings (SSSR count). The minimum Gasteiger partial charge on any atom is -0.508 e. The first kappa shape index (κ1) is 19.9. The maximum Gasteiger partial charge on any atom is 0.310 e. The summed E-state index contributed by atoms with van der Waals surface area (Å²) in [5.74, 6) is -4.06. The summed E-state index contributed by atoms with van der Waals surface area (Å²) < 4.78 is 21.1. The van der Waals surface area contributed by atoms with Crippen LogP contribution < -0.4 is 9.47 Å². The molecule has 30 heavy (non-hydrogen) atoms. The van der Waals surface area contributed by atoms with Crippen LogP contribution in [0.3, 0.4) is 0 Å². The van der Waals surface area contributed by atoms with Gasteiger partial charge in [0.15, 0.2) is 0 Å². The molecule has 3 aliphatic rings. The lowest BCUT2D eigenvalue weighted by molar-refractivity contribution is -0.160. The number of esters is 2. The Hall–Kier alpha value is -3.42. The predicted octanol–water partition coefficient (Wildman–Crippen LogP) is 2.28. The van der Waals surface area contributed by atoms with Gasteiger partial charge in [-0.25, -0.2) is 0 Å². The van der Waals surface area contributed by atoms with E-state index in [1.807, 2.05) is 0 Å². The fourth-order valence-electron chi connectivity index (χ4n) is 5.12. The number of hydrogen-bond acceptors (Lipinski definition) is 8. The molecule has 2 aromatic rings. The number of carbonyl (C=O) groups excluding carboxylic acids is 2. The third kappa shape index (κ3) is 2.46. The first-order valence-corrected chi connectivity index (χ1v) is 9.36. The fourth-order valence-corrected chi connectivity index (χ4v) is 5.12. The van der Waals surface area contributed by atoms with Gasteiger partial charge in [0.2, 0.25) is 0 Å². The molecule has 0 saturated heterocycles. The molecule has 0 aromatic heterocycles. The Morgan fingerprint density at radius 1 is 0.667 bits per heavy atom. The summed E-state index contributed by atoms with van der Waals surface area (Å²) in [5, 5.41) is 21.5. The molecule has 158 valence electrons. The Balaban J connectivity index is 2.17. The van der Waals surface area contributed by atoms with Gasteiger partial charge in [0, 0.05) is 34.1 Å². The van der Waals surface area contributed by atoms with Crippen molar-refractivity contribution in [2.24, 2.45) is 11.8 Å². The molecule has 0 radical (unpaired) electrons. The Bertz CT molecular complexity index is 982. The lowest BCUT2D eigenvalue weighted by atomic mass is 9.53. The van der Waals surface area contributed by atoms with Gasteiger partial charge in [0.05, 0.1) is 40.3 Å². The van der Waals surface area contributed by atoms with Crippen LogP contribution in [0.1, 0.15) is 34.1 Å². The van der Waals surface area contributed by atoms with Crippen LogP contribution in [0.5, 0.6) is 23.0 Å². The first-order chi connectivity index (χ1) is 14.4. The molecule has 2 atom stereocenters. The second kappa shape index (κ2) is 7.12. The second-order valence-corrected chi connectivity index (χ2v) is 7.28. The van der Waals surface area contributed by atoms with Gasteiger partial charge in [-0.05, 0) is 24.3 Å². The Morgan fingerprint density at radius 3 is 1.37 bits per heavy atom. The lowest BCUT2D eigenvalue weighted by Crippen LogP contribution is -2.48. The predicted molar refractivity (Wildman–Crippen MR) is 104 cm³/mol. The fraction of sp³-hybridized carbons (Fsp3) is 0.364. The summed E-state index contributed by atoms with van der Waals surface area (Å²) in [4.78, 5) is 25.8. The average Bonchev–Trinajstić information content (AvgIpc) is 2.77. The quantitative estimate of drug-likeness (QED) is 0.733. The molecule has 2 bridgehead atoms. The summed E-state index contributed by atoms with van der Waals surface area (Å²) in [6.07, 6.45) is 0. The highest BCUT2D eigenvalue weighted by Crippen LogP contribution is 2.65. The normalized spacial score (nSPS) is 23.2. The van der Waals surface area contributed by atoms with E-state index in [0.717, 1.165) is 0 Å². The van der Waals surface area contributed by atoms with Crippen LogP contribution in [0.15, 0.2) is 24.3 Å². The van der Waals surface area contributed by atoms with Gasteiger partial charge in [-0.2, -0.15) is 0 Å². The van der Waals surface area contributed by atoms with E-state index in [0.29, 0.717) is 33.8 Å². The third-order valence-electron chi connectivity index (χ3n) is 6.18. The zero-order valence-electron chi connectivity index (χ0n) is 17.0. The van der Waals surface area contributed by atoms with Crippen LogP contribution in [0.2, 0.25) is 0 Å². The topological polar surface area (TPSA) is 112 Å². The third-order valence-corrected chi connectivity index (χ3v) is 6.18. The van der Waals surface area contributed by atoms with E-state index in [4.69, 9.17) is 18.9 Å². The largest absolute Gasteiger partial charge is 0.508 e. The molecular weight excluding hydrogens is 392 g/mol. The van der Waals surface area contributed by atoms with Crippen LogP contribution in [-0.2, 0) is 19.1 Å². The summed E-state index contributed by atoms with van der Waals surface area (Å²) >= 11 is 0. The summed E-state index contributed by atoms with van der Waals surface area (Å²) in [6, 6.07) is 6.14. The number of methoxy groups -OCH3 is 4. The molecule has 0 aliphatic heterocycles. The number of carbonyl (C=O) groups is 2. The number of hydrogen-bond donors (Lipinski definition) is 2. The van der Waals surface area contributed by atoms with Crippen LogP contribution in [-0.4, -0.2) is 50.6 Å². The van der Waals surface area contributed by atoms with Crippen molar-refractivity contribution in [2.75, 3.05) is 28.4 Å². The minimum atomic E-state index is -1.01. The van der Waals surface area contributed by atoms with Gasteiger partial charge < -0.3 is 29.2 Å². The number of aromatic hydroxyl groups is 2. The molecule has 8 nitrogen and oxygen atoms in total. The van der Waals surface area contributed by atoms with E-state index in [2.05, 4.69) is 0 Å². The summed E-state index contributed by atoms with van der Waals surface area (Å²) in [5.41, 5.74) is 1.97. The maximum atomic E-state index is 12.9. The molecule has 0 unspecified atom stereocenters. The van der Waals surface area contributed by atoms with Crippen molar-refractivity contribution in [1.82, 2.24) is 0 Å². The van der Waals surface area contributed by atoms with E-state index in [9.17, 15) is 19.8 Å². The first-order valence-electron chi connectivity index (χ1n) is 9.36. The van der Waals surface area contributed by atoms with Crippen molar-refractivity contribution in [3.63, 3.8) is 0 Å². The van der Waals surface area contributed by atoms with Crippen LogP contribution in [0.4, 0.5) is 0 Å². The van der Waals surface area contributed by atoms with Crippen LogP contribution in [0, 0.1) is 11.8 Å². The van der Waals surface area contributed by atoms with Crippen molar-refractivity contribution in [3.8, 4) is 23.0 Å². The number of benzene rings is 2. The van der Waals surface area contributed by atoms with E-state index in [1.54, 1.807) is 12.1 Å². The molecular formula is C22H22O8. The molecule has 8 heteroatoms. The molecule has 0 fully saturated rings. The van der Waals surface area contributed by atoms with Gasteiger partial charge in [0.1, 0.15) is 23.0 Å². The van der Waals surface area contributed by atoms with Crippen molar-refractivity contribution in [3.05, 3.63) is 46.5 Å². The van der Waals surface area contributed by atoms with Gasteiger partial charge in [-0.15, -0.1) is 0 Å². The lowest BCUT2D eigenvalue weighted by Gasteiger charge is -2.48. The van der Waals surface area contributed by atoms with Crippen molar-refractivity contribution in [1.29, 1.82) is 0 Å². The molecule has 0 saturated carbocycles. The molecule has 2 aromatic carbocycles. The van der Waals surface area contributed by atoms with Gasteiger partial charge in [-0.1, -0.05) is 0 Å². The van der Waals surface area contributed by atoms with Gasteiger partial charge in [0.25, 0.3) is 0 Å². The van der Waals surface area contributed by atoms with E-state index in [1.165, 1.54) is 40.6 Å². The summed E-state index contributed by atoms with van der Waals surface area (Å²) in [7, 11) is 5.46. The number of phenols is 2. The molecule has 3 aliphatic carbocycles.